The summed E-state index contributed by atoms with van der Waals surface area (Å²) in [7, 11) is 3.06. The van der Waals surface area contributed by atoms with Crippen molar-refractivity contribution in [1.82, 2.24) is 9.97 Å². The van der Waals surface area contributed by atoms with Crippen LogP contribution in [0.25, 0.3) is 0 Å². The van der Waals surface area contributed by atoms with E-state index in [0.717, 1.165) is 5.56 Å². The van der Waals surface area contributed by atoms with E-state index in [9.17, 15) is 14.4 Å². The highest BCUT2D eigenvalue weighted by molar-refractivity contribution is 6.05. The molecule has 2 amide bonds. The lowest BCUT2D eigenvalue weighted by Crippen LogP contribution is -2.36. The Morgan fingerprint density at radius 2 is 1.85 bits per heavy atom. The Balaban J connectivity index is 1.63. The topological polar surface area (TPSA) is 134 Å². The fourth-order valence-corrected chi connectivity index (χ4v) is 3.60. The monoisotopic (exact) mass is 449 g/mol. The number of rotatable bonds is 6. The highest BCUT2D eigenvalue weighted by atomic mass is 16.5. The third-order valence-electron chi connectivity index (χ3n) is 5.23. The Hall–Kier alpha value is -4.34. The van der Waals surface area contributed by atoms with Gasteiger partial charge in [0.1, 0.15) is 17.3 Å². The predicted octanol–water partition coefficient (Wildman–Crippen LogP) is 2.90. The number of hydrogen-bond donors (Lipinski definition) is 4. The van der Waals surface area contributed by atoms with Crippen LogP contribution < -0.4 is 31.0 Å². The van der Waals surface area contributed by atoms with Crippen molar-refractivity contribution in [3.05, 3.63) is 63.9 Å². The molecule has 1 aliphatic heterocycles. The molecule has 170 valence electrons. The van der Waals surface area contributed by atoms with Gasteiger partial charge in [-0.25, -0.2) is 0 Å². The number of nitrogens with one attached hydrogen (secondary N) is 4. The zero-order valence-corrected chi connectivity index (χ0v) is 18.3. The molecular weight excluding hydrogens is 426 g/mol. The van der Waals surface area contributed by atoms with Crippen molar-refractivity contribution in [1.29, 1.82) is 0 Å². The largest absolute Gasteiger partial charge is 0.497 e. The van der Waals surface area contributed by atoms with E-state index in [0.29, 0.717) is 22.9 Å². The zero-order chi connectivity index (χ0) is 23.5. The van der Waals surface area contributed by atoms with Gasteiger partial charge >= 0.3 is 0 Å². The van der Waals surface area contributed by atoms with Gasteiger partial charge in [-0.2, -0.15) is 4.98 Å². The van der Waals surface area contributed by atoms with Crippen LogP contribution in [0.15, 0.2) is 47.3 Å². The van der Waals surface area contributed by atoms with Gasteiger partial charge in [0.2, 0.25) is 17.8 Å². The third-order valence-corrected chi connectivity index (χ3v) is 5.23. The summed E-state index contributed by atoms with van der Waals surface area (Å²) in [6.07, 6.45) is -0.178. The quantitative estimate of drug-likeness (QED) is 0.454. The fourth-order valence-electron chi connectivity index (χ4n) is 3.60. The van der Waals surface area contributed by atoms with E-state index in [2.05, 4.69) is 25.9 Å². The number of methoxy groups -OCH3 is 2. The molecule has 1 aliphatic rings. The highest BCUT2D eigenvalue weighted by Crippen LogP contribution is 2.32. The average Bonchev–Trinajstić information content (AvgIpc) is 2.79. The van der Waals surface area contributed by atoms with Crippen LogP contribution in [0.1, 0.15) is 23.5 Å². The van der Waals surface area contributed by atoms with Crippen LogP contribution in [0.3, 0.4) is 0 Å². The Kier molecular flexibility index (Phi) is 5.99. The van der Waals surface area contributed by atoms with E-state index < -0.39 is 23.3 Å². The normalized spacial score (nSPS) is 14.6. The van der Waals surface area contributed by atoms with Gasteiger partial charge in [0, 0.05) is 12.1 Å². The number of fused-ring (bicyclic) bond motifs is 1. The first-order valence-electron chi connectivity index (χ1n) is 10.2. The van der Waals surface area contributed by atoms with Crippen LogP contribution >= 0.6 is 0 Å². The number of carbonyl (C=O) groups excluding carboxylic acids is 2. The molecule has 0 saturated heterocycles. The first kappa shape index (κ1) is 21.9. The number of aromatic amines is 1. The van der Waals surface area contributed by atoms with Crippen molar-refractivity contribution >= 4 is 35.0 Å². The summed E-state index contributed by atoms with van der Waals surface area (Å²) >= 11 is 0. The van der Waals surface area contributed by atoms with Crippen LogP contribution in [0.4, 0.5) is 23.1 Å². The standard InChI is InChI=1S/C23H23N5O5/c1-12-4-9-17(33-3)16(10-12)25-21(30)15-11-18(29)26-20-19(15)22(31)28-23(27-20)24-13-5-7-14(32-2)8-6-13/h4-10,15H,11H2,1-3H3,(H,25,30)(H3,24,26,27,28,29,31)/t15-/m1/s1. The molecule has 0 spiro atoms. The summed E-state index contributed by atoms with van der Waals surface area (Å²) in [6, 6.07) is 12.3. The summed E-state index contributed by atoms with van der Waals surface area (Å²) in [4.78, 5) is 45.3. The van der Waals surface area contributed by atoms with Crippen molar-refractivity contribution in [3.63, 3.8) is 0 Å². The Morgan fingerprint density at radius 3 is 2.55 bits per heavy atom. The Morgan fingerprint density at radius 1 is 1.09 bits per heavy atom. The first-order valence-corrected chi connectivity index (χ1v) is 10.2. The van der Waals surface area contributed by atoms with E-state index in [-0.39, 0.29) is 23.8 Å². The smallest absolute Gasteiger partial charge is 0.258 e. The number of H-pyrrole nitrogens is 1. The lowest BCUT2D eigenvalue weighted by atomic mass is 9.92. The van der Waals surface area contributed by atoms with Gasteiger partial charge in [0.05, 0.1) is 31.4 Å². The van der Waals surface area contributed by atoms with Crippen molar-refractivity contribution in [3.8, 4) is 11.5 Å². The molecule has 4 N–H and O–H groups in total. The van der Waals surface area contributed by atoms with Crippen LogP contribution in [-0.4, -0.2) is 36.0 Å². The maximum atomic E-state index is 13.1. The molecule has 0 radical (unpaired) electrons. The van der Waals surface area contributed by atoms with E-state index in [1.165, 1.54) is 7.11 Å². The number of hydrogen-bond acceptors (Lipinski definition) is 7. The molecule has 3 aromatic rings. The molecule has 1 aromatic heterocycles. The maximum Gasteiger partial charge on any atom is 0.258 e. The van der Waals surface area contributed by atoms with E-state index in [1.54, 1.807) is 43.5 Å². The van der Waals surface area contributed by atoms with Gasteiger partial charge in [-0.3, -0.25) is 19.4 Å². The number of aryl methyl sites for hydroxylation is 1. The molecule has 4 rings (SSSR count). The fraction of sp³-hybridized carbons (Fsp3) is 0.217. The van der Waals surface area contributed by atoms with Crippen molar-refractivity contribution in [2.24, 2.45) is 0 Å². The second-order valence-corrected chi connectivity index (χ2v) is 7.53. The third kappa shape index (κ3) is 4.64. The Bertz CT molecular complexity index is 1270. The summed E-state index contributed by atoms with van der Waals surface area (Å²) in [5, 5.41) is 8.34. The molecule has 33 heavy (non-hydrogen) atoms. The van der Waals surface area contributed by atoms with Crippen LogP contribution in [-0.2, 0) is 9.59 Å². The average molecular weight is 449 g/mol. The molecule has 0 bridgehead atoms. The maximum absolute atomic E-state index is 13.1. The number of anilines is 4. The molecule has 2 aromatic carbocycles. The molecule has 0 saturated carbocycles. The van der Waals surface area contributed by atoms with Gasteiger partial charge in [-0.15, -0.1) is 0 Å². The summed E-state index contributed by atoms with van der Waals surface area (Å²) in [6.45, 7) is 1.88. The number of benzene rings is 2. The van der Waals surface area contributed by atoms with Crippen LogP contribution in [0, 0.1) is 6.92 Å². The summed E-state index contributed by atoms with van der Waals surface area (Å²) < 4.78 is 10.4. The molecule has 0 fully saturated rings. The van der Waals surface area contributed by atoms with E-state index >= 15 is 0 Å². The van der Waals surface area contributed by atoms with Gasteiger partial charge in [0.25, 0.3) is 5.56 Å². The van der Waals surface area contributed by atoms with Crippen molar-refractivity contribution in [2.75, 3.05) is 30.2 Å². The lowest BCUT2D eigenvalue weighted by molar-refractivity contribution is -0.123. The molecule has 10 heteroatoms. The van der Waals surface area contributed by atoms with Crippen LogP contribution in [0.5, 0.6) is 11.5 Å². The minimum atomic E-state index is -1.01. The van der Waals surface area contributed by atoms with E-state index in [4.69, 9.17) is 9.47 Å². The van der Waals surface area contributed by atoms with Gasteiger partial charge in [-0.1, -0.05) is 6.07 Å². The second-order valence-electron chi connectivity index (χ2n) is 7.53. The second kappa shape index (κ2) is 9.03. The molecule has 10 nitrogen and oxygen atoms in total. The van der Waals surface area contributed by atoms with Crippen molar-refractivity contribution < 1.29 is 19.1 Å². The zero-order valence-electron chi connectivity index (χ0n) is 18.3. The number of ether oxygens (including phenoxy) is 2. The lowest BCUT2D eigenvalue weighted by Gasteiger charge is -2.24. The number of amides is 2. The molecule has 2 heterocycles. The number of nitrogens with zero attached hydrogens (tertiary/aromatic N) is 1. The number of aromatic nitrogens is 2. The predicted molar refractivity (Wildman–Crippen MR) is 123 cm³/mol. The van der Waals surface area contributed by atoms with Crippen molar-refractivity contribution in [2.45, 2.75) is 19.3 Å². The highest BCUT2D eigenvalue weighted by Gasteiger charge is 2.35. The van der Waals surface area contributed by atoms with E-state index in [1.807, 2.05) is 13.0 Å². The SMILES string of the molecule is COc1ccc(Nc2nc3c(c(=O)[nH]2)[C@H](C(=O)Nc2cc(C)ccc2OC)CC(=O)N3)cc1. The Labute approximate surface area is 189 Å². The minimum Gasteiger partial charge on any atom is -0.497 e. The summed E-state index contributed by atoms with van der Waals surface area (Å²) in [5.74, 6) is -0.594. The first-order chi connectivity index (χ1) is 15.9. The minimum absolute atomic E-state index is 0.0439. The summed E-state index contributed by atoms with van der Waals surface area (Å²) in [5.41, 5.74) is 1.60. The molecule has 0 aliphatic carbocycles. The van der Waals surface area contributed by atoms with Gasteiger partial charge in [0.15, 0.2) is 0 Å². The van der Waals surface area contributed by atoms with Gasteiger partial charge in [-0.05, 0) is 48.9 Å². The number of carbonyl (C=O) groups is 2. The molecular formula is C23H23N5O5. The van der Waals surface area contributed by atoms with Crippen LogP contribution in [0.2, 0.25) is 0 Å². The molecule has 0 unspecified atom stereocenters. The van der Waals surface area contributed by atoms with Gasteiger partial charge < -0.3 is 25.4 Å². The molecule has 1 atom stereocenters.